The lowest BCUT2D eigenvalue weighted by Gasteiger charge is -2.14. The molecule has 6 heteroatoms. The lowest BCUT2D eigenvalue weighted by Crippen LogP contribution is -2.29. The van der Waals surface area contributed by atoms with Gasteiger partial charge in [-0.05, 0) is 44.5 Å². The molecule has 3 rings (SSSR count). The van der Waals surface area contributed by atoms with E-state index in [2.05, 4.69) is 16.2 Å². The van der Waals surface area contributed by atoms with Gasteiger partial charge in [-0.15, -0.1) is 0 Å². The molecular weight excluding hydrogens is 320 g/mol. The van der Waals surface area contributed by atoms with Crippen molar-refractivity contribution in [3.05, 3.63) is 53.2 Å². The van der Waals surface area contributed by atoms with Crippen LogP contribution in [0.1, 0.15) is 23.7 Å². The first-order valence-electron chi connectivity index (χ1n) is 7.50. The van der Waals surface area contributed by atoms with Gasteiger partial charge in [0.2, 0.25) is 0 Å². The van der Waals surface area contributed by atoms with Gasteiger partial charge < -0.3 is 0 Å². The van der Waals surface area contributed by atoms with Crippen LogP contribution in [0.4, 0.5) is 5.69 Å². The van der Waals surface area contributed by atoms with Gasteiger partial charge in [-0.25, -0.2) is 4.98 Å². The summed E-state index contributed by atoms with van der Waals surface area (Å²) in [6.45, 7) is 5.59. The van der Waals surface area contributed by atoms with Crippen molar-refractivity contribution in [2.24, 2.45) is 5.10 Å². The number of nitrogens with zero attached hydrogens (tertiary/aromatic N) is 4. The van der Waals surface area contributed by atoms with Crippen LogP contribution in [-0.4, -0.2) is 21.9 Å². The van der Waals surface area contributed by atoms with E-state index in [0.717, 1.165) is 16.9 Å². The highest BCUT2D eigenvalue weighted by Gasteiger charge is 2.36. The lowest BCUT2D eigenvalue weighted by atomic mass is 10.1. The minimum absolute atomic E-state index is 0.117. The van der Waals surface area contributed by atoms with Crippen molar-refractivity contribution >= 4 is 29.1 Å². The fraction of sp³-hybridized carbons (Fsp3) is 0.222. The molecule has 2 aromatic rings. The number of benzene rings is 1. The molecule has 0 aliphatic carbocycles. The summed E-state index contributed by atoms with van der Waals surface area (Å²) >= 11 is 1.29. The van der Waals surface area contributed by atoms with E-state index >= 15 is 0 Å². The predicted molar refractivity (Wildman–Crippen MR) is 95.1 cm³/mol. The molecule has 1 atom stereocenters. The minimum Gasteiger partial charge on any atom is -0.271 e. The van der Waals surface area contributed by atoms with Crippen molar-refractivity contribution in [1.29, 1.82) is 5.26 Å². The second-order valence-electron chi connectivity index (χ2n) is 5.60. The van der Waals surface area contributed by atoms with Crippen molar-refractivity contribution in [1.82, 2.24) is 4.98 Å². The monoisotopic (exact) mass is 336 g/mol. The predicted octanol–water partition coefficient (Wildman–Crippen LogP) is 3.45. The summed E-state index contributed by atoms with van der Waals surface area (Å²) in [6, 6.07) is 13.4. The molecule has 0 saturated heterocycles. The third-order valence-electron chi connectivity index (χ3n) is 3.72. The number of rotatable bonds is 3. The highest BCUT2D eigenvalue weighted by Crippen LogP contribution is 2.33. The number of amides is 1. The van der Waals surface area contributed by atoms with Crippen LogP contribution in [0.15, 0.2) is 46.5 Å². The number of aryl methyl sites for hydroxylation is 2. The van der Waals surface area contributed by atoms with Crippen molar-refractivity contribution in [3.8, 4) is 6.07 Å². The van der Waals surface area contributed by atoms with Crippen LogP contribution in [0, 0.1) is 25.2 Å². The fourth-order valence-corrected chi connectivity index (χ4v) is 3.74. The molecule has 120 valence electrons. The Hall–Kier alpha value is -2.65. The summed E-state index contributed by atoms with van der Waals surface area (Å²) in [5.41, 5.74) is 3.66. The third-order valence-corrected chi connectivity index (χ3v) is 5.02. The van der Waals surface area contributed by atoms with Crippen molar-refractivity contribution in [2.75, 3.05) is 5.01 Å². The van der Waals surface area contributed by atoms with Gasteiger partial charge in [0.05, 0.1) is 17.0 Å². The summed E-state index contributed by atoms with van der Waals surface area (Å²) in [4.78, 5) is 17.2. The number of carbonyl (C=O) groups excluding carboxylic acids is 1. The summed E-state index contributed by atoms with van der Waals surface area (Å²) in [6.07, 6.45) is 0. The molecule has 1 aromatic heterocycles. The van der Waals surface area contributed by atoms with Gasteiger partial charge in [0, 0.05) is 5.69 Å². The summed E-state index contributed by atoms with van der Waals surface area (Å²) in [5.74, 6) is -0.117. The number of carbonyl (C=O) groups is 1. The Morgan fingerprint density at radius 2 is 1.92 bits per heavy atom. The number of aromatic nitrogens is 1. The summed E-state index contributed by atoms with van der Waals surface area (Å²) in [5, 5.41) is 15.3. The Kier molecular flexibility index (Phi) is 4.36. The zero-order valence-electron chi connectivity index (χ0n) is 13.6. The Morgan fingerprint density at radius 3 is 2.58 bits per heavy atom. The lowest BCUT2D eigenvalue weighted by molar-refractivity contribution is -0.116. The van der Waals surface area contributed by atoms with Crippen LogP contribution in [0.25, 0.3) is 0 Å². The first kappa shape index (κ1) is 16.2. The maximum absolute atomic E-state index is 12.8. The number of hydrogen-bond donors (Lipinski definition) is 0. The largest absolute Gasteiger partial charge is 0.271 e. The Bertz CT molecular complexity index is 871. The average Bonchev–Trinajstić information content (AvgIpc) is 2.83. The van der Waals surface area contributed by atoms with Crippen molar-refractivity contribution in [3.63, 3.8) is 0 Å². The van der Waals surface area contributed by atoms with Gasteiger partial charge in [-0.3, -0.25) is 4.79 Å². The number of hydrogen-bond acceptors (Lipinski definition) is 5. The van der Waals surface area contributed by atoms with Crippen LogP contribution in [-0.2, 0) is 4.79 Å². The molecule has 2 heterocycles. The van der Waals surface area contributed by atoms with E-state index in [-0.39, 0.29) is 5.91 Å². The Morgan fingerprint density at radius 1 is 1.21 bits per heavy atom. The SMILES string of the molecule is CC1=NN(c2ccccc2)C(=O)[C@@H]1Sc1nc(C)cc(C)c1C#N. The van der Waals surface area contributed by atoms with Gasteiger partial charge in [-0.1, -0.05) is 30.0 Å². The number of anilines is 1. The van der Waals surface area contributed by atoms with Crippen LogP contribution in [0.5, 0.6) is 0 Å². The van der Waals surface area contributed by atoms with Gasteiger partial charge in [0.15, 0.2) is 0 Å². The number of para-hydroxylation sites is 1. The summed E-state index contributed by atoms with van der Waals surface area (Å²) in [7, 11) is 0. The van der Waals surface area contributed by atoms with Crippen molar-refractivity contribution < 1.29 is 4.79 Å². The maximum atomic E-state index is 12.8. The van der Waals surface area contributed by atoms with Crippen LogP contribution in [0.3, 0.4) is 0 Å². The van der Waals surface area contributed by atoms with Crippen molar-refractivity contribution in [2.45, 2.75) is 31.0 Å². The zero-order chi connectivity index (χ0) is 17.3. The molecular formula is C18H16N4OS. The molecule has 0 bridgehead atoms. The Labute approximate surface area is 145 Å². The van der Waals surface area contributed by atoms with Crippen LogP contribution < -0.4 is 5.01 Å². The molecule has 1 aromatic carbocycles. The molecule has 1 amide bonds. The number of pyridine rings is 1. The topological polar surface area (TPSA) is 69.3 Å². The van der Waals surface area contributed by atoms with Gasteiger partial charge in [0.1, 0.15) is 16.3 Å². The quantitative estimate of drug-likeness (QED) is 0.861. The standard InChI is InChI=1S/C18H16N4OS/c1-11-9-12(2)20-17(15(11)10-19)24-16-13(3)21-22(18(16)23)14-7-5-4-6-8-14/h4-9,16H,1-3H3/t16-/m1/s1. The van der Waals surface area contributed by atoms with E-state index in [9.17, 15) is 10.1 Å². The molecule has 1 aliphatic heterocycles. The molecule has 0 saturated carbocycles. The minimum atomic E-state index is -0.467. The number of thioether (sulfide) groups is 1. The first-order valence-corrected chi connectivity index (χ1v) is 8.38. The molecule has 5 nitrogen and oxygen atoms in total. The van der Waals surface area contributed by atoms with Gasteiger partial charge >= 0.3 is 0 Å². The van der Waals surface area contributed by atoms with E-state index < -0.39 is 5.25 Å². The highest BCUT2D eigenvalue weighted by atomic mass is 32.2. The first-order chi connectivity index (χ1) is 11.5. The normalized spacial score (nSPS) is 16.9. The molecule has 0 fully saturated rings. The van der Waals surface area contributed by atoms with Crippen LogP contribution in [0.2, 0.25) is 0 Å². The van der Waals surface area contributed by atoms with Gasteiger partial charge in [0.25, 0.3) is 5.91 Å². The highest BCUT2D eigenvalue weighted by molar-refractivity contribution is 8.01. The molecule has 0 spiro atoms. The van der Waals surface area contributed by atoms with E-state index in [4.69, 9.17) is 0 Å². The van der Waals surface area contributed by atoms with E-state index in [1.165, 1.54) is 16.8 Å². The molecule has 24 heavy (non-hydrogen) atoms. The van der Waals surface area contributed by atoms with E-state index in [1.54, 1.807) is 0 Å². The molecule has 0 unspecified atom stereocenters. The third kappa shape index (κ3) is 2.91. The number of hydrazone groups is 1. The summed E-state index contributed by atoms with van der Waals surface area (Å²) < 4.78 is 0. The van der Waals surface area contributed by atoms with Crippen LogP contribution >= 0.6 is 11.8 Å². The number of nitriles is 1. The molecule has 0 N–H and O–H groups in total. The second kappa shape index (κ2) is 6.46. The van der Waals surface area contributed by atoms with E-state index in [0.29, 0.717) is 16.3 Å². The molecule has 1 aliphatic rings. The fourth-order valence-electron chi connectivity index (χ4n) is 2.57. The maximum Gasteiger partial charge on any atom is 0.266 e. The zero-order valence-corrected chi connectivity index (χ0v) is 14.5. The molecule has 0 radical (unpaired) electrons. The second-order valence-corrected chi connectivity index (χ2v) is 6.69. The van der Waals surface area contributed by atoms with Gasteiger partial charge in [-0.2, -0.15) is 15.4 Å². The average molecular weight is 336 g/mol. The van der Waals surface area contributed by atoms with E-state index in [1.807, 2.05) is 57.2 Å². The Balaban J connectivity index is 1.92. The smallest absolute Gasteiger partial charge is 0.266 e.